The van der Waals surface area contributed by atoms with Crippen LogP contribution in [0.4, 0.5) is 0 Å². The zero-order valence-corrected chi connectivity index (χ0v) is 10.1. The Morgan fingerprint density at radius 1 is 1.35 bits per heavy atom. The number of primary amides is 1. The molecule has 17 heavy (non-hydrogen) atoms. The van der Waals surface area contributed by atoms with Gasteiger partial charge in [-0.3, -0.25) is 9.69 Å². The highest BCUT2D eigenvalue weighted by Crippen LogP contribution is 2.24. The highest BCUT2D eigenvalue weighted by atomic mass is 16.5. The summed E-state index contributed by atoms with van der Waals surface area (Å²) in [5, 5.41) is 0. The Labute approximate surface area is 101 Å². The van der Waals surface area contributed by atoms with Gasteiger partial charge >= 0.3 is 0 Å². The Morgan fingerprint density at radius 3 is 2.65 bits per heavy atom. The third-order valence-electron chi connectivity index (χ3n) is 3.27. The van der Waals surface area contributed by atoms with Crippen LogP contribution in [-0.4, -0.2) is 37.1 Å². The Morgan fingerprint density at radius 2 is 2.00 bits per heavy atom. The van der Waals surface area contributed by atoms with E-state index >= 15 is 0 Å². The molecule has 2 rings (SSSR count). The van der Waals surface area contributed by atoms with E-state index in [1.165, 1.54) is 0 Å². The SMILES string of the molecule is CC(c1ccccc1C(N)=O)N1CCOCC1. The third-order valence-corrected chi connectivity index (χ3v) is 3.27. The number of ether oxygens (including phenoxy) is 1. The Kier molecular flexibility index (Phi) is 3.76. The predicted octanol–water partition coefficient (Wildman–Crippen LogP) is 1.18. The maximum absolute atomic E-state index is 11.4. The average molecular weight is 234 g/mol. The molecule has 0 aliphatic carbocycles. The van der Waals surface area contributed by atoms with Crippen molar-refractivity contribution in [3.05, 3.63) is 35.4 Å². The molecule has 4 nitrogen and oxygen atoms in total. The standard InChI is InChI=1S/C13H18N2O2/c1-10(15-6-8-17-9-7-15)11-4-2-3-5-12(11)13(14)16/h2-5,10H,6-9H2,1H3,(H2,14,16). The number of nitrogens with two attached hydrogens (primary N) is 1. The van der Waals surface area contributed by atoms with E-state index in [0.717, 1.165) is 31.9 Å². The first kappa shape index (κ1) is 12.1. The summed E-state index contributed by atoms with van der Waals surface area (Å²) in [7, 11) is 0. The molecule has 1 atom stereocenters. The van der Waals surface area contributed by atoms with E-state index in [2.05, 4.69) is 11.8 Å². The summed E-state index contributed by atoms with van der Waals surface area (Å²) >= 11 is 0. The van der Waals surface area contributed by atoms with Crippen molar-refractivity contribution in [1.82, 2.24) is 4.90 Å². The molecule has 0 bridgehead atoms. The van der Waals surface area contributed by atoms with Gasteiger partial charge < -0.3 is 10.5 Å². The van der Waals surface area contributed by atoms with Gasteiger partial charge in [-0.15, -0.1) is 0 Å². The van der Waals surface area contributed by atoms with Crippen LogP contribution in [0.2, 0.25) is 0 Å². The van der Waals surface area contributed by atoms with E-state index in [1.54, 1.807) is 6.07 Å². The number of benzene rings is 1. The molecule has 1 aliphatic rings. The average Bonchev–Trinajstić information content (AvgIpc) is 2.39. The monoisotopic (exact) mass is 234 g/mol. The first-order chi connectivity index (χ1) is 8.20. The van der Waals surface area contributed by atoms with Crippen LogP contribution < -0.4 is 5.73 Å². The smallest absolute Gasteiger partial charge is 0.249 e. The molecule has 1 aromatic rings. The quantitative estimate of drug-likeness (QED) is 0.854. The third kappa shape index (κ3) is 2.65. The van der Waals surface area contributed by atoms with Crippen molar-refractivity contribution in [3.63, 3.8) is 0 Å². The lowest BCUT2D eigenvalue weighted by atomic mass is 9.99. The second-order valence-corrected chi connectivity index (χ2v) is 4.28. The van der Waals surface area contributed by atoms with Crippen molar-refractivity contribution in [2.45, 2.75) is 13.0 Å². The summed E-state index contributed by atoms with van der Waals surface area (Å²) in [6.45, 7) is 5.40. The van der Waals surface area contributed by atoms with Crippen LogP contribution in [-0.2, 0) is 4.74 Å². The minimum absolute atomic E-state index is 0.197. The molecule has 0 radical (unpaired) electrons. The van der Waals surface area contributed by atoms with Gasteiger partial charge in [0.25, 0.3) is 0 Å². The number of morpholine rings is 1. The van der Waals surface area contributed by atoms with E-state index in [-0.39, 0.29) is 11.9 Å². The fraction of sp³-hybridized carbons (Fsp3) is 0.462. The molecular formula is C13H18N2O2. The zero-order valence-electron chi connectivity index (χ0n) is 10.1. The summed E-state index contributed by atoms with van der Waals surface area (Å²) in [6, 6.07) is 7.74. The maximum atomic E-state index is 11.4. The molecule has 1 saturated heterocycles. The van der Waals surface area contributed by atoms with Crippen molar-refractivity contribution in [3.8, 4) is 0 Å². The van der Waals surface area contributed by atoms with Crippen LogP contribution in [0.3, 0.4) is 0 Å². The Bertz CT molecular complexity index is 400. The Balaban J connectivity index is 2.23. The summed E-state index contributed by atoms with van der Waals surface area (Å²) in [4.78, 5) is 13.7. The van der Waals surface area contributed by atoms with Gasteiger partial charge in [0.2, 0.25) is 5.91 Å². The highest BCUT2D eigenvalue weighted by molar-refractivity contribution is 5.94. The molecule has 92 valence electrons. The van der Waals surface area contributed by atoms with E-state index in [0.29, 0.717) is 5.56 Å². The predicted molar refractivity (Wildman–Crippen MR) is 65.8 cm³/mol. The number of carbonyl (C=O) groups is 1. The van der Waals surface area contributed by atoms with Gasteiger partial charge in [0.05, 0.1) is 13.2 Å². The lowest BCUT2D eigenvalue weighted by Crippen LogP contribution is -2.38. The zero-order chi connectivity index (χ0) is 12.3. The Hall–Kier alpha value is -1.39. The summed E-state index contributed by atoms with van der Waals surface area (Å²) in [6.07, 6.45) is 0. The molecule has 1 unspecified atom stereocenters. The highest BCUT2D eigenvalue weighted by Gasteiger charge is 2.21. The van der Waals surface area contributed by atoms with Crippen LogP contribution in [0.15, 0.2) is 24.3 Å². The molecule has 1 aromatic carbocycles. The van der Waals surface area contributed by atoms with Crippen LogP contribution in [0.5, 0.6) is 0 Å². The number of carbonyl (C=O) groups excluding carboxylic acids is 1. The molecule has 4 heteroatoms. The fourth-order valence-corrected chi connectivity index (χ4v) is 2.25. The molecule has 0 spiro atoms. The molecule has 1 fully saturated rings. The fourth-order valence-electron chi connectivity index (χ4n) is 2.25. The van der Waals surface area contributed by atoms with Crippen LogP contribution in [0, 0.1) is 0 Å². The second kappa shape index (κ2) is 5.29. The minimum atomic E-state index is -0.360. The normalized spacial score (nSPS) is 18.9. The number of amides is 1. The van der Waals surface area contributed by atoms with Gasteiger partial charge in [0.1, 0.15) is 0 Å². The van der Waals surface area contributed by atoms with Crippen molar-refractivity contribution in [2.75, 3.05) is 26.3 Å². The van der Waals surface area contributed by atoms with E-state index in [1.807, 2.05) is 18.2 Å². The molecule has 1 heterocycles. The lowest BCUT2D eigenvalue weighted by molar-refractivity contribution is 0.0197. The van der Waals surface area contributed by atoms with Gasteiger partial charge in [-0.1, -0.05) is 18.2 Å². The summed E-state index contributed by atoms with van der Waals surface area (Å²) in [5.74, 6) is -0.360. The first-order valence-corrected chi connectivity index (χ1v) is 5.90. The largest absolute Gasteiger partial charge is 0.379 e. The number of nitrogens with zero attached hydrogens (tertiary/aromatic N) is 1. The molecule has 1 aliphatic heterocycles. The van der Waals surface area contributed by atoms with Crippen LogP contribution in [0.25, 0.3) is 0 Å². The first-order valence-electron chi connectivity index (χ1n) is 5.90. The number of hydrogen-bond donors (Lipinski definition) is 1. The second-order valence-electron chi connectivity index (χ2n) is 4.28. The van der Waals surface area contributed by atoms with Crippen LogP contribution in [0.1, 0.15) is 28.9 Å². The summed E-state index contributed by atoms with van der Waals surface area (Å²) in [5.41, 5.74) is 7.02. The van der Waals surface area contributed by atoms with Crippen molar-refractivity contribution in [1.29, 1.82) is 0 Å². The molecular weight excluding hydrogens is 216 g/mol. The van der Waals surface area contributed by atoms with Gasteiger partial charge in [-0.25, -0.2) is 0 Å². The lowest BCUT2D eigenvalue weighted by Gasteiger charge is -2.33. The maximum Gasteiger partial charge on any atom is 0.249 e. The molecule has 0 aromatic heterocycles. The van der Waals surface area contributed by atoms with Gasteiger partial charge in [0.15, 0.2) is 0 Å². The van der Waals surface area contributed by atoms with Gasteiger partial charge in [-0.05, 0) is 18.6 Å². The molecule has 1 amide bonds. The number of hydrogen-bond acceptors (Lipinski definition) is 3. The van der Waals surface area contributed by atoms with Gasteiger partial charge in [-0.2, -0.15) is 0 Å². The van der Waals surface area contributed by atoms with Crippen molar-refractivity contribution in [2.24, 2.45) is 5.73 Å². The van der Waals surface area contributed by atoms with Crippen molar-refractivity contribution >= 4 is 5.91 Å². The molecule has 0 saturated carbocycles. The summed E-state index contributed by atoms with van der Waals surface area (Å²) < 4.78 is 5.33. The van der Waals surface area contributed by atoms with E-state index in [4.69, 9.17) is 10.5 Å². The van der Waals surface area contributed by atoms with E-state index < -0.39 is 0 Å². The van der Waals surface area contributed by atoms with Gasteiger partial charge in [0, 0.05) is 24.7 Å². The topological polar surface area (TPSA) is 55.6 Å². The van der Waals surface area contributed by atoms with E-state index in [9.17, 15) is 4.79 Å². The number of rotatable bonds is 3. The molecule has 2 N–H and O–H groups in total. The van der Waals surface area contributed by atoms with Crippen molar-refractivity contribution < 1.29 is 9.53 Å². The van der Waals surface area contributed by atoms with Crippen LogP contribution >= 0.6 is 0 Å². The minimum Gasteiger partial charge on any atom is -0.379 e.